The molecule has 0 saturated heterocycles. The van der Waals surface area contributed by atoms with Crippen LogP contribution in [0.2, 0.25) is 0 Å². The van der Waals surface area contributed by atoms with Gasteiger partial charge in [0.25, 0.3) is 0 Å². The third kappa shape index (κ3) is 5.75. The molecule has 1 amide bonds. The minimum Gasteiger partial charge on any atom is -0.445 e. The van der Waals surface area contributed by atoms with Crippen molar-refractivity contribution in [2.45, 2.75) is 19.1 Å². The van der Waals surface area contributed by atoms with Gasteiger partial charge in [-0.3, -0.25) is 0 Å². The van der Waals surface area contributed by atoms with E-state index in [2.05, 4.69) is 40.0 Å². The summed E-state index contributed by atoms with van der Waals surface area (Å²) in [7, 11) is 0. The highest BCUT2D eigenvalue weighted by Gasteiger charge is 2.12. The Balaban J connectivity index is 1.80. The summed E-state index contributed by atoms with van der Waals surface area (Å²) in [5.74, 6) is 0. The number of alkyl carbamates (subject to hydrolysis) is 1. The molecule has 21 heavy (non-hydrogen) atoms. The second kappa shape index (κ2) is 8.67. The lowest BCUT2D eigenvalue weighted by molar-refractivity contribution is 0.136. The van der Waals surface area contributed by atoms with E-state index in [1.165, 1.54) is 5.56 Å². The largest absolute Gasteiger partial charge is 0.445 e. The normalized spacial score (nSPS) is 11.7. The number of hydrogen-bond acceptors (Lipinski definition) is 2. The van der Waals surface area contributed by atoms with Crippen LogP contribution in [0, 0.1) is 0 Å². The zero-order valence-corrected chi connectivity index (χ0v) is 13.8. The zero-order valence-electron chi connectivity index (χ0n) is 11.7. The Morgan fingerprint density at radius 2 is 1.57 bits per heavy atom. The Morgan fingerprint density at radius 3 is 2.14 bits per heavy atom. The lowest BCUT2D eigenvalue weighted by Gasteiger charge is -2.16. The molecule has 0 unspecified atom stereocenters. The van der Waals surface area contributed by atoms with Crippen molar-refractivity contribution < 1.29 is 9.53 Å². The summed E-state index contributed by atoms with van der Waals surface area (Å²) >= 11 is 2.28. The van der Waals surface area contributed by atoms with Crippen LogP contribution in [-0.2, 0) is 17.8 Å². The summed E-state index contributed by atoms with van der Waals surface area (Å²) in [5.41, 5.74) is 2.20. The van der Waals surface area contributed by atoms with E-state index in [0.717, 1.165) is 16.4 Å². The molecule has 0 aromatic heterocycles. The van der Waals surface area contributed by atoms with E-state index in [1.54, 1.807) is 0 Å². The molecule has 2 aromatic carbocycles. The van der Waals surface area contributed by atoms with Crippen molar-refractivity contribution in [1.82, 2.24) is 5.32 Å². The standard InChI is InChI=1S/C17H18INO2/c18-12-16(11-14-7-3-1-4-8-14)19-17(20)21-13-15-9-5-2-6-10-15/h1-10,16H,11-13H2,(H,19,20)/t16-/m0/s1. The van der Waals surface area contributed by atoms with Crippen LogP contribution in [-0.4, -0.2) is 16.6 Å². The van der Waals surface area contributed by atoms with Gasteiger partial charge in [-0.05, 0) is 17.5 Å². The Labute approximate surface area is 138 Å². The number of hydrogen-bond donors (Lipinski definition) is 1. The van der Waals surface area contributed by atoms with E-state index in [-0.39, 0.29) is 12.1 Å². The smallest absolute Gasteiger partial charge is 0.407 e. The SMILES string of the molecule is O=C(N[C@H](CI)Cc1ccccc1)OCc1ccccc1. The molecule has 1 N–H and O–H groups in total. The van der Waals surface area contributed by atoms with Crippen molar-refractivity contribution in [2.24, 2.45) is 0 Å². The second-order valence-corrected chi connectivity index (χ2v) is 5.63. The van der Waals surface area contributed by atoms with Gasteiger partial charge in [0.15, 0.2) is 0 Å². The van der Waals surface area contributed by atoms with Gasteiger partial charge >= 0.3 is 6.09 Å². The number of halogens is 1. The maximum atomic E-state index is 11.8. The van der Waals surface area contributed by atoms with Crippen molar-refractivity contribution in [3.05, 3.63) is 71.8 Å². The van der Waals surface area contributed by atoms with E-state index in [0.29, 0.717) is 6.61 Å². The van der Waals surface area contributed by atoms with Crippen LogP contribution >= 0.6 is 22.6 Å². The lowest BCUT2D eigenvalue weighted by Crippen LogP contribution is -2.37. The van der Waals surface area contributed by atoms with Crippen molar-refractivity contribution >= 4 is 28.7 Å². The van der Waals surface area contributed by atoms with Gasteiger partial charge in [-0.15, -0.1) is 0 Å². The van der Waals surface area contributed by atoms with Crippen LogP contribution in [0.5, 0.6) is 0 Å². The Bertz CT molecular complexity index is 545. The number of benzene rings is 2. The molecule has 0 radical (unpaired) electrons. The highest BCUT2D eigenvalue weighted by Crippen LogP contribution is 2.06. The number of ether oxygens (including phenoxy) is 1. The number of carbonyl (C=O) groups excluding carboxylic acids is 1. The molecule has 0 aliphatic rings. The topological polar surface area (TPSA) is 38.3 Å². The third-order valence-electron chi connectivity index (χ3n) is 3.05. The van der Waals surface area contributed by atoms with Gasteiger partial charge in [0, 0.05) is 10.5 Å². The van der Waals surface area contributed by atoms with Crippen LogP contribution in [0.1, 0.15) is 11.1 Å². The van der Waals surface area contributed by atoms with Crippen LogP contribution in [0.4, 0.5) is 4.79 Å². The molecule has 4 heteroatoms. The maximum absolute atomic E-state index is 11.8. The van der Waals surface area contributed by atoms with E-state index < -0.39 is 0 Å². The Kier molecular flexibility index (Phi) is 6.53. The van der Waals surface area contributed by atoms with Gasteiger partial charge in [-0.2, -0.15) is 0 Å². The first-order valence-electron chi connectivity index (χ1n) is 6.85. The molecule has 0 bridgehead atoms. The minimum absolute atomic E-state index is 0.0799. The van der Waals surface area contributed by atoms with Crippen LogP contribution in [0.3, 0.4) is 0 Å². The summed E-state index contributed by atoms with van der Waals surface area (Å²) in [6, 6.07) is 19.9. The average molecular weight is 395 g/mol. The molecule has 0 saturated carbocycles. The molecule has 0 spiro atoms. The number of alkyl halides is 1. The highest BCUT2D eigenvalue weighted by atomic mass is 127. The molecule has 3 nitrogen and oxygen atoms in total. The van der Waals surface area contributed by atoms with Gasteiger partial charge in [0.2, 0.25) is 0 Å². The van der Waals surface area contributed by atoms with Gasteiger partial charge < -0.3 is 10.1 Å². The highest BCUT2D eigenvalue weighted by molar-refractivity contribution is 14.1. The van der Waals surface area contributed by atoms with Crippen molar-refractivity contribution in [2.75, 3.05) is 4.43 Å². The summed E-state index contributed by atoms with van der Waals surface area (Å²) in [5, 5.41) is 2.92. The fourth-order valence-electron chi connectivity index (χ4n) is 1.97. The van der Waals surface area contributed by atoms with Crippen molar-refractivity contribution in [3.63, 3.8) is 0 Å². The quantitative estimate of drug-likeness (QED) is 0.594. The zero-order chi connectivity index (χ0) is 14.9. The molecule has 0 fully saturated rings. The molecule has 2 aromatic rings. The Hall–Kier alpha value is -1.56. The number of carbonyl (C=O) groups is 1. The first-order chi connectivity index (χ1) is 10.3. The summed E-state index contributed by atoms with van der Waals surface area (Å²) < 4.78 is 6.09. The molecular formula is C17H18INO2. The number of rotatable bonds is 6. The summed E-state index contributed by atoms with van der Waals surface area (Å²) in [6.45, 7) is 0.298. The number of amides is 1. The summed E-state index contributed by atoms with van der Waals surface area (Å²) in [6.07, 6.45) is 0.445. The van der Waals surface area contributed by atoms with Gasteiger partial charge in [-0.25, -0.2) is 4.79 Å². The van der Waals surface area contributed by atoms with Crippen LogP contribution in [0.15, 0.2) is 60.7 Å². The number of nitrogens with one attached hydrogen (secondary N) is 1. The van der Waals surface area contributed by atoms with E-state index in [9.17, 15) is 4.79 Å². The van der Waals surface area contributed by atoms with Crippen LogP contribution < -0.4 is 5.32 Å². The van der Waals surface area contributed by atoms with Crippen molar-refractivity contribution in [3.8, 4) is 0 Å². The van der Waals surface area contributed by atoms with Gasteiger partial charge in [0.05, 0.1) is 0 Å². The fraction of sp³-hybridized carbons (Fsp3) is 0.235. The third-order valence-corrected chi connectivity index (χ3v) is 4.11. The molecule has 0 heterocycles. The predicted molar refractivity (Wildman–Crippen MR) is 92.6 cm³/mol. The monoisotopic (exact) mass is 395 g/mol. The molecule has 1 atom stereocenters. The molecular weight excluding hydrogens is 377 g/mol. The van der Waals surface area contributed by atoms with E-state index in [1.807, 2.05) is 48.5 Å². The minimum atomic E-state index is -0.364. The van der Waals surface area contributed by atoms with Gasteiger partial charge in [-0.1, -0.05) is 83.3 Å². The summed E-state index contributed by atoms with van der Waals surface area (Å²) in [4.78, 5) is 11.8. The fourth-order valence-corrected chi connectivity index (χ4v) is 2.51. The average Bonchev–Trinajstić information content (AvgIpc) is 2.54. The lowest BCUT2D eigenvalue weighted by atomic mass is 10.1. The maximum Gasteiger partial charge on any atom is 0.407 e. The first kappa shape index (κ1) is 15.8. The first-order valence-corrected chi connectivity index (χ1v) is 8.37. The van der Waals surface area contributed by atoms with Crippen molar-refractivity contribution in [1.29, 1.82) is 0 Å². The molecule has 0 aliphatic carbocycles. The Morgan fingerprint density at radius 1 is 1.00 bits per heavy atom. The molecule has 2 rings (SSSR count). The van der Waals surface area contributed by atoms with E-state index >= 15 is 0 Å². The van der Waals surface area contributed by atoms with Crippen LogP contribution in [0.25, 0.3) is 0 Å². The van der Waals surface area contributed by atoms with Gasteiger partial charge in [0.1, 0.15) is 6.61 Å². The predicted octanol–water partition coefficient (Wildman–Crippen LogP) is 3.96. The molecule has 0 aliphatic heterocycles. The van der Waals surface area contributed by atoms with E-state index in [4.69, 9.17) is 4.74 Å². The molecule has 110 valence electrons. The second-order valence-electron chi connectivity index (χ2n) is 4.75.